The molecule has 6 nitrogen and oxygen atoms in total. The van der Waals surface area contributed by atoms with Crippen molar-refractivity contribution in [3.05, 3.63) is 42.2 Å². The van der Waals surface area contributed by atoms with Gasteiger partial charge in [-0.1, -0.05) is 18.2 Å². The summed E-state index contributed by atoms with van der Waals surface area (Å²) in [5.74, 6) is 0.183. The average Bonchev–Trinajstić information content (AvgIpc) is 3.35. The van der Waals surface area contributed by atoms with Gasteiger partial charge in [-0.3, -0.25) is 4.79 Å². The molecule has 0 N–H and O–H groups in total. The molecule has 2 aliphatic heterocycles. The van der Waals surface area contributed by atoms with Crippen LogP contribution in [0, 0.1) is 0 Å². The van der Waals surface area contributed by atoms with Crippen molar-refractivity contribution >= 4 is 5.91 Å². The van der Waals surface area contributed by atoms with Gasteiger partial charge in [-0.25, -0.2) is 0 Å². The molecule has 0 saturated carbocycles. The fourth-order valence-electron chi connectivity index (χ4n) is 4.24. The Hall–Kier alpha value is -2.21. The number of carbonyl (C=O) groups is 1. The Morgan fingerprint density at radius 1 is 1.12 bits per heavy atom. The van der Waals surface area contributed by atoms with E-state index in [1.807, 2.05) is 30.3 Å². The normalized spacial score (nSPS) is 24.1. The van der Waals surface area contributed by atoms with E-state index in [0.29, 0.717) is 18.5 Å². The first kappa shape index (κ1) is 16.3. The second-order valence-electron chi connectivity index (χ2n) is 7.12. The summed E-state index contributed by atoms with van der Waals surface area (Å²) in [5, 5.41) is 8.78. The monoisotopic (exact) mass is 339 g/mol. The number of benzene rings is 1. The predicted octanol–water partition coefficient (Wildman–Crippen LogP) is 1.89. The molecule has 0 spiro atoms. The molecule has 1 amide bonds. The van der Waals surface area contributed by atoms with Crippen LogP contribution in [0.5, 0.6) is 0 Å². The summed E-state index contributed by atoms with van der Waals surface area (Å²) < 4.78 is 0. The Balaban J connectivity index is 1.44. The number of rotatable bonds is 4. The van der Waals surface area contributed by atoms with Crippen LogP contribution in [-0.4, -0.2) is 62.9 Å². The van der Waals surface area contributed by atoms with Crippen molar-refractivity contribution in [3.63, 3.8) is 0 Å². The van der Waals surface area contributed by atoms with Crippen molar-refractivity contribution in [2.75, 3.05) is 20.1 Å². The number of aromatic nitrogens is 3. The standard InChI is InChI=1S/C19H25N5O/c1-22-11-5-9-17(22)18-10-6-12-23(18)19(25)13-15-14-20-24(21-15)16-7-3-2-4-8-16/h2-4,7-8,14,17-18H,5-6,9-13H2,1H3/t17-,18-/m1/s1. The minimum absolute atomic E-state index is 0.183. The number of hydrogen-bond donors (Lipinski definition) is 0. The van der Waals surface area contributed by atoms with E-state index in [4.69, 9.17) is 0 Å². The topological polar surface area (TPSA) is 54.3 Å². The van der Waals surface area contributed by atoms with Gasteiger partial charge >= 0.3 is 0 Å². The van der Waals surface area contributed by atoms with E-state index in [1.54, 1.807) is 11.0 Å². The fourth-order valence-corrected chi connectivity index (χ4v) is 4.24. The molecule has 0 aliphatic carbocycles. The van der Waals surface area contributed by atoms with Gasteiger partial charge in [-0.05, 0) is 51.4 Å². The highest BCUT2D eigenvalue weighted by atomic mass is 16.2. The van der Waals surface area contributed by atoms with E-state index in [0.717, 1.165) is 37.3 Å². The first-order valence-corrected chi connectivity index (χ1v) is 9.19. The molecule has 2 fully saturated rings. The molecule has 25 heavy (non-hydrogen) atoms. The third-order valence-electron chi connectivity index (χ3n) is 5.50. The molecular formula is C19H25N5O. The minimum atomic E-state index is 0.183. The molecule has 132 valence electrons. The number of para-hydroxylation sites is 1. The lowest BCUT2D eigenvalue weighted by molar-refractivity contribution is -0.132. The second-order valence-corrected chi connectivity index (χ2v) is 7.12. The van der Waals surface area contributed by atoms with Crippen molar-refractivity contribution in [3.8, 4) is 5.69 Å². The van der Waals surface area contributed by atoms with E-state index < -0.39 is 0 Å². The number of likely N-dealkylation sites (tertiary alicyclic amines) is 2. The van der Waals surface area contributed by atoms with Gasteiger partial charge in [0, 0.05) is 18.6 Å². The van der Waals surface area contributed by atoms with Crippen LogP contribution in [0.25, 0.3) is 5.69 Å². The van der Waals surface area contributed by atoms with Crippen LogP contribution < -0.4 is 0 Å². The van der Waals surface area contributed by atoms with Gasteiger partial charge in [0.15, 0.2) is 0 Å². The Kier molecular flexibility index (Phi) is 4.53. The van der Waals surface area contributed by atoms with Crippen LogP contribution in [-0.2, 0) is 11.2 Å². The lowest BCUT2D eigenvalue weighted by Crippen LogP contribution is -2.47. The molecule has 2 atom stereocenters. The quantitative estimate of drug-likeness (QED) is 0.854. The highest BCUT2D eigenvalue weighted by Crippen LogP contribution is 2.29. The summed E-state index contributed by atoms with van der Waals surface area (Å²) in [4.78, 5) is 19.0. The van der Waals surface area contributed by atoms with Crippen molar-refractivity contribution in [1.82, 2.24) is 24.8 Å². The van der Waals surface area contributed by atoms with E-state index >= 15 is 0 Å². The van der Waals surface area contributed by atoms with Gasteiger partial charge in [0.05, 0.1) is 24.0 Å². The molecule has 6 heteroatoms. The van der Waals surface area contributed by atoms with Gasteiger partial charge < -0.3 is 9.80 Å². The largest absolute Gasteiger partial charge is 0.338 e. The van der Waals surface area contributed by atoms with E-state index in [-0.39, 0.29) is 5.91 Å². The number of amides is 1. The van der Waals surface area contributed by atoms with E-state index in [1.165, 1.54) is 12.8 Å². The molecular weight excluding hydrogens is 314 g/mol. The predicted molar refractivity (Wildman–Crippen MR) is 95.5 cm³/mol. The van der Waals surface area contributed by atoms with Gasteiger partial charge in [-0.2, -0.15) is 15.0 Å². The summed E-state index contributed by atoms with van der Waals surface area (Å²) >= 11 is 0. The highest BCUT2D eigenvalue weighted by molar-refractivity contribution is 5.79. The maximum absolute atomic E-state index is 12.9. The Morgan fingerprint density at radius 3 is 2.64 bits per heavy atom. The third kappa shape index (κ3) is 3.31. The van der Waals surface area contributed by atoms with Crippen molar-refractivity contribution in [2.24, 2.45) is 0 Å². The molecule has 2 aromatic rings. The average molecular weight is 339 g/mol. The first-order chi connectivity index (χ1) is 12.2. The van der Waals surface area contributed by atoms with Crippen LogP contribution >= 0.6 is 0 Å². The molecule has 4 rings (SSSR count). The zero-order chi connectivity index (χ0) is 17.2. The summed E-state index contributed by atoms with van der Waals surface area (Å²) in [6.45, 7) is 2.02. The van der Waals surface area contributed by atoms with Gasteiger partial charge in [0.1, 0.15) is 0 Å². The molecule has 0 bridgehead atoms. The maximum atomic E-state index is 12.9. The van der Waals surface area contributed by atoms with Crippen molar-refractivity contribution in [1.29, 1.82) is 0 Å². The van der Waals surface area contributed by atoms with Crippen LogP contribution in [0.2, 0.25) is 0 Å². The zero-order valence-corrected chi connectivity index (χ0v) is 14.7. The highest BCUT2D eigenvalue weighted by Gasteiger charge is 2.38. The number of likely N-dealkylation sites (N-methyl/N-ethyl adjacent to an activating group) is 1. The molecule has 1 aromatic carbocycles. The lowest BCUT2D eigenvalue weighted by Gasteiger charge is -2.33. The van der Waals surface area contributed by atoms with E-state index in [2.05, 4.69) is 27.0 Å². The SMILES string of the molecule is CN1CCC[C@@H]1[C@H]1CCCN1C(=O)Cc1cnn(-c2ccccc2)n1. The van der Waals surface area contributed by atoms with E-state index in [9.17, 15) is 4.79 Å². The molecule has 2 saturated heterocycles. The summed E-state index contributed by atoms with van der Waals surface area (Å²) in [7, 11) is 2.18. The molecule has 1 aromatic heterocycles. The zero-order valence-electron chi connectivity index (χ0n) is 14.7. The maximum Gasteiger partial charge on any atom is 0.229 e. The number of carbonyl (C=O) groups excluding carboxylic acids is 1. The van der Waals surface area contributed by atoms with Crippen LogP contribution in [0.4, 0.5) is 0 Å². The minimum Gasteiger partial charge on any atom is -0.338 e. The van der Waals surface area contributed by atoms with Crippen LogP contribution in [0.1, 0.15) is 31.4 Å². The Bertz CT molecular complexity index is 728. The van der Waals surface area contributed by atoms with Crippen molar-refractivity contribution < 1.29 is 4.79 Å². The van der Waals surface area contributed by atoms with Crippen LogP contribution in [0.3, 0.4) is 0 Å². The third-order valence-corrected chi connectivity index (χ3v) is 5.50. The summed E-state index contributed by atoms with van der Waals surface area (Å²) in [5.41, 5.74) is 1.65. The number of hydrogen-bond acceptors (Lipinski definition) is 4. The lowest BCUT2D eigenvalue weighted by atomic mass is 10.0. The second kappa shape index (κ2) is 6.96. The summed E-state index contributed by atoms with van der Waals surface area (Å²) in [6.07, 6.45) is 6.71. The molecule has 0 unspecified atom stereocenters. The fraction of sp³-hybridized carbons (Fsp3) is 0.526. The molecule has 3 heterocycles. The Morgan fingerprint density at radius 2 is 1.88 bits per heavy atom. The van der Waals surface area contributed by atoms with Gasteiger partial charge in [-0.15, -0.1) is 0 Å². The smallest absolute Gasteiger partial charge is 0.229 e. The van der Waals surface area contributed by atoms with Gasteiger partial charge in [0.2, 0.25) is 5.91 Å². The van der Waals surface area contributed by atoms with Crippen molar-refractivity contribution in [2.45, 2.75) is 44.2 Å². The Labute approximate surface area is 148 Å². The molecule has 2 aliphatic rings. The first-order valence-electron chi connectivity index (χ1n) is 9.19. The summed E-state index contributed by atoms with van der Waals surface area (Å²) in [6, 6.07) is 10.7. The van der Waals surface area contributed by atoms with Gasteiger partial charge in [0.25, 0.3) is 0 Å². The molecule has 0 radical (unpaired) electrons. The van der Waals surface area contributed by atoms with Crippen LogP contribution in [0.15, 0.2) is 36.5 Å². The number of nitrogens with zero attached hydrogens (tertiary/aromatic N) is 5.